The summed E-state index contributed by atoms with van der Waals surface area (Å²) in [6, 6.07) is 12.7. The van der Waals surface area contributed by atoms with Gasteiger partial charge in [0.2, 0.25) is 0 Å². The van der Waals surface area contributed by atoms with Gasteiger partial charge in [0.05, 0.1) is 19.9 Å². The van der Waals surface area contributed by atoms with Crippen molar-refractivity contribution in [3.8, 4) is 11.5 Å². The molecule has 1 heterocycles. The molecular weight excluding hydrogens is 352 g/mol. The maximum Gasteiger partial charge on any atom is 0.438 e. The summed E-state index contributed by atoms with van der Waals surface area (Å²) in [7, 11) is 4.18. The molecule has 1 amide bonds. The highest BCUT2D eigenvalue weighted by molar-refractivity contribution is 6.06. The van der Waals surface area contributed by atoms with Crippen molar-refractivity contribution >= 4 is 17.5 Å². The first kappa shape index (κ1) is 18.5. The first-order valence-corrected chi connectivity index (χ1v) is 8.18. The van der Waals surface area contributed by atoms with Crippen molar-refractivity contribution in [1.29, 1.82) is 0 Å². The van der Waals surface area contributed by atoms with Gasteiger partial charge in [-0.3, -0.25) is 4.84 Å². The number of fused-ring (bicyclic) bond motifs is 1. The van der Waals surface area contributed by atoms with Crippen molar-refractivity contribution in [1.82, 2.24) is 0 Å². The summed E-state index contributed by atoms with van der Waals surface area (Å²) in [4.78, 5) is 21.8. The molecule has 0 fully saturated rings. The standard InChI is InChI=1S/C19H20N2O6/c1-23-19(22)21(25-3)17-7-5-4-6-13(17)11-26-14-8-9-15-16(20-24-2)12-27-18(15)10-14/h4-10H,11-12H2,1-3H3/b20-16+. The van der Waals surface area contributed by atoms with Crippen LogP contribution >= 0.6 is 0 Å². The Balaban J connectivity index is 1.77. The molecule has 2 aromatic carbocycles. The summed E-state index contributed by atoms with van der Waals surface area (Å²) in [5.74, 6) is 1.31. The van der Waals surface area contributed by atoms with Crippen molar-refractivity contribution in [2.75, 3.05) is 33.0 Å². The summed E-state index contributed by atoms with van der Waals surface area (Å²) in [5.41, 5.74) is 2.91. The van der Waals surface area contributed by atoms with Crippen LogP contribution in [0.2, 0.25) is 0 Å². The topological polar surface area (TPSA) is 78.8 Å². The predicted molar refractivity (Wildman–Crippen MR) is 98.2 cm³/mol. The molecule has 3 rings (SSSR count). The Morgan fingerprint density at radius 3 is 2.74 bits per heavy atom. The van der Waals surface area contributed by atoms with E-state index in [1.807, 2.05) is 24.3 Å². The Morgan fingerprint density at radius 1 is 1.19 bits per heavy atom. The third-order valence-electron chi connectivity index (χ3n) is 3.96. The zero-order valence-corrected chi connectivity index (χ0v) is 15.3. The molecule has 8 nitrogen and oxygen atoms in total. The van der Waals surface area contributed by atoms with Gasteiger partial charge < -0.3 is 19.0 Å². The van der Waals surface area contributed by atoms with Crippen LogP contribution in [0.15, 0.2) is 47.6 Å². The summed E-state index contributed by atoms with van der Waals surface area (Å²) in [6.45, 7) is 0.586. The van der Waals surface area contributed by atoms with Crippen molar-refractivity contribution in [2.45, 2.75) is 6.61 Å². The molecule has 1 aliphatic heterocycles. The number of para-hydroxylation sites is 1. The second-order valence-corrected chi connectivity index (χ2v) is 5.53. The molecule has 2 aromatic rings. The van der Waals surface area contributed by atoms with Gasteiger partial charge in [0.1, 0.15) is 37.5 Å². The largest absolute Gasteiger partial charge is 0.489 e. The first-order chi connectivity index (χ1) is 13.2. The Bertz CT molecular complexity index is 852. The number of nitrogens with zero attached hydrogens (tertiary/aromatic N) is 2. The number of amides is 1. The number of hydrogen-bond donors (Lipinski definition) is 0. The van der Waals surface area contributed by atoms with E-state index in [2.05, 4.69) is 5.16 Å². The third kappa shape index (κ3) is 3.95. The lowest BCUT2D eigenvalue weighted by Gasteiger charge is -2.21. The van der Waals surface area contributed by atoms with Crippen LogP contribution in [0.3, 0.4) is 0 Å². The van der Waals surface area contributed by atoms with Gasteiger partial charge in [0, 0.05) is 17.2 Å². The normalized spacial score (nSPS) is 13.7. The number of rotatable bonds is 6. The van der Waals surface area contributed by atoms with Crippen LogP contribution in [0.1, 0.15) is 11.1 Å². The van der Waals surface area contributed by atoms with Crippen molar-refractivity contribution in [2.24, 2.45) is 5.16 Å². The van der Waals surface area contributed by atoms with Gasteiger partial charge in [0.25, 0.3) is 0 Å². The van der Waals surface area contributed by atoms with Crippen LogP contribution in [0, 0.1) is 0 Å². The monoisotopic (exact) mass is 372 g/mol. The highest BCUT2D eigenvalue weighted by Crippen LogP contribution is 2.31. The summed E-state index contributed by atoms with van der Waals surface area (Å²) in [6.07, 6.45) is -0.624. The molecule has 27 heavy (non-hydrogen) atoms. The number of hydrogen-bond acceptors (Lipinski definition) is 7. The van der Waals surface area contributed by atoms with Gasteiger partial charge >= 0.3 is 6.09 Å². The van der Waals surface area contributed by atoms with Gasteiger partial charge in [-0.05, 0) is 18.2 Å². The van der Waals surface area contributed by atoms with Gasteiger partial charge in [-0.15, -0.1) is 0 Å². The van der Waals surface area contributed by atoms with E-state index in [-0.39, 0.29) is 6.61 Å². The molecule has 0 saturated heterocycles. The molecule has 8 heteroatoms. The molecule has 0 N–H and O–H groups in total. The lowest BCUT2D eigenvalue weighted by atomic mass is 10.1. The number of anilines is 1. The lowest BCUT2D eigenvalue weighted by Crippen LogP contribution is -2.30. The lowest BCUT2D eigenvalue weighted by molar-refractivity contribution is 0.115. The average molecular weight is 372 g/mol. The zero-order valence-electron chi connectivity index (χ0n) is 15.3. The number of hydroxylamine groups is 1. The van der Waals surface area contributed by atoms with E-state index < -0.39 is 6.09 Å². The van der Waals surface area contributed by atoms with Gasteiger partial charge in [-0.25, -0.2) is 4.79 Å². The van der Waals surface area contributed by atoms with E-state index in [1.165, 1.54) is 21.3 Å². The summed E-state index contributed by atoms with van der Waals surface area (Å²) in [5, 5.41) is 5.01. The molecule has 0 bridgehead atoms. The van der Waals surface area contributed by atoms with Crippen molar-refractivity contribution < 1.29 is 28.7 Å². The SMILES string of the molecule is CO/N=C1\COc2cc(OCc3ccccc3N(OC)C(=O)OC)ccc21. The summed E-state index contributed by atoms with van der Waals surface area (Å²) < 4.78 is 16.2. The van der Waals surface area contributed by atoms with Crippen LogP contribution in [-0.4, -0.2) is 39.7 Å². The van der Waals surface area contributed by atoms with Crippen LogP contribution in [0.4, 0.5) is 10.5 Å². The highest BCUT2D eigenvalue weighted by Gasteiger charge is 2.22. The molecule has 1 aliphatic rings. The van der Waals surface area contributed by atoms with E-state index >= 15 is 0 Å². The minimum atomic E-state index is -0.624. The Morgan fingerprint density at radius 2 is 2.00 bits per heavy atom. The third-order valence-corrected chi connectivity index (χ3v) is 3.96. The van der Waals surface area contributed by atoms with E-state index in [9.17, 15) is 4.79 Å². The Kier molecular flexibility index (Phi) is 5.77. The highest BCUT2D eigenvalue weighted by atomic mass is 16.7. The number of carbonyl (C=O) groups excluding carboxylic acids is 1. The molecule has 0 spiro atoms. The number of oxime groups is 1. The number of carbonyl (C=O) groups is 1. The van der Waals surface area contributed by atoms with Crippen molar-refractivity contribution in [3.05, 3.63) is 53.6 Å². The molecule has 0 aliphatic carbocycles. The van der Waals surface area contributed by atoms with Crippen LogP contribution in [0.5, 0.6) is 11.5 Å². The summed E-state index contributed by atoms with van der Waals surface area (Å²) >= 11 is 0. The molecule has 0 saturated carbocycles. The fourth-order valence-electron chi connectivity index (χ4n) is 2.71. The molecular formula is C19H20N2O6. The minimum Gasteiger partial charge on any atom is -0.489 e. The minimum absolute atomic E-state index is 0.227. The van der Waals surface area contributed by atoms with Crippen LogP contribution in [0.25, 0.3) is 0 Å². The quantitative estimate of drug-likeness (QED) is 0.725. The molecule has 0 unspecified atom stereocenters. The van der Waals surface area contributed by atoms with Gasteiger partial charge in [-0.2, -0.15) is 5.06 Å². The Labute approximate surface area is 156 Å². The fourth-order valence-corrected chi connectivity index (χ4v) is 2.71. The number of ether oxygens (including phenoxy) is 3. The fraction of sp³-hybridized carbons (Fsp3) is 0.263. The molecule has 0 atom stereocenters. The molecule has 142 valence electrons. The second-order valence-electron chi connectivity index (χ2n) is 5.53. The maximum atomic E-state index is 11.9. The van der Waals surface area contributed by atoms with Crippen LogP contribution in [-0.2, 0) is 21.0 Å². The predicted octanol–water partition coefficient (Wildman–Crippen LogP) is 3.14. The number of methoxy groups -OCH3 is 1. The molecule has 0 radical (unpaired) electrons. The average Bonchev–Trinajstić information content (AvgIpc) is 3.10. The van der Waals surface area contributed by atoms with Crippen LogP contribution < -0.4 is 14.5 Å². The Hall–Kier alpha value is -3.26. The maximum absolute atomic E-state index is 11.9. The van der Waals surface area contributed by atoms with E-state index in [0.29, 0.717) is 23.8 Å². The van der Waals surface area contributed by atoms with Gasteiger partial charge in [0.15, 0.2) is 0 Å². The van der Waals surface area contributed by atoms with E-state index in [0.717, 1.165) is 21.9 Å². The second kappa shape index (κ2) is 8.41. The van der Waals surface area contributed by atoms with E-state index in [4.69, 9.17) is 23.9 Å². The van der Waals surface area contributed by atoms with E-state index in [1.54, 1.807) is 18.2 Å². The molecule has 0 aromatic heterocycles. The van der Waals surface area contributed by atoms with Gasteiger partial charge in [-0.1, -0.05) is 23.4 Å². The zero-order chi connectivity index (χ0) is 19.2. The number of benzene rings is 2. The first-order valence-electron chi connectivity index (χ1n) is 8.18. The van der Waals surface area contributed by atoms with Crippen molar-refractivity contribution in [3.63, 3.8) is 0 Å². The smallest absolute Gasteiger partial charge is 0.438 e.